The van der Waals surface area contributed by atoms with E-state index in [1.807, 2.05) is 20.8 Å². The molecule has 2 heterocycles. The van der Waals surface area contributed by atoms with Gasteiger partial charge in [-0.05, 0) is 71.1 Å². The van der Waals surface area contributed by atoms with E-state index in [1.165, 1.54) is 25.3 Å². The van der Waals surface area contributed by atoms with Crippen molar-refractivity contribution in [1.29, 1.82) is 0 Å². The summed E-state index contributed by atoms with van der Waals surface area (Å²) in [4.78, 5) is 44.1. The Hall–Kier alpha value is -3.76. The molecule has 2 aromatic rings. The van der Waals surface area contributed by atoms with Crippen LogP contribution in [0.4, 0.5) is 19.4 Å². The second kappa shape index (κ2) is 12.8. The third-order valence-electron chi connectivity index (χ3n) is 7.47. The second-order valence-electron chi connectivity index (χ2n) is 11.7. The number of benzene rings is 1. The molecule has 9 nitrogen and oxygen atoms in total. The third kappa shape index (κ3) is 7.92. The summed E-state index contributed by atoms with van der Waals surface area (Å²) in [5.41, 5.74) is -0.110. The highest BCUT2D eigenvalue weighted by Crippen LogP contribution is 2.34. The van der Waals surface area contributed by atoms with Crippen LogP contribution in [0.25, 0.3) is 11.1 Å². The molecule has 1 saturated carbocycles. The van der Waals surface area contributed by atoms with E-state index in [-0.39, 0.29) is 52.9 Å². The van der Waals surface area contributed by atoms with E-state index < -0.39 is 17.2 Å². The Kier molecular flexibility index (Phi) is 9.45. The number of aromatic nitrogens is 1. The molecule has 1 aliphatic heterocycles. The first kappa shape index (κ1) is 30.2. The summed E-state index contributed by atoms with van der Waals surface area (Å²) in [6, 6.07) is 5.03. The first-order valence-corrected chi connectivity index (χ1v) is 14.0. The topological polar surface area (TPSA) is 110 Å². The Morgan fingerprint density at radius 3 is 2.39 bits per heavy atom. The van der Waals surface area contributed by atoms with Gasteiger partial charge in [-0.15, -0.1) is 0 Å². The molecule has 2 aliphatic rings. The highest BCUT2D eigenvalue weighted by atomic mass is 19.1. The number of carbonyl (C=O) groups excluding carboxylic acids is 3. The Morgan fingerprint density at radius 1 is 0.976 bits per heavy atom. The van der Waals surface area contributed by atoms with Gasteiger partial charge < -0.3 is 25.0 Å². The molecular weight excluding hydrogens is 534 g/mol. The molecule has 2 N–H and O–H groups in total. The van der Waals surface area contributed by atoms with Gasteiger partial charge in [-0.3, -0.25) is 9.59 Å². The highest BCUT2D eigenvalue weighted by molar-refractivity contribution is 5.92. The smallest absolute Gasteiger partial charge is 0.410 e. The van der Waals surface area contributed by atoms with Crippen LogP contribution in [0.1, 0.15) is 59.3 Å². The van der Waals surface area contributed by atoms with Crippen molar-refractivity contribution in [2.45, 2.75) is 70.9 Å². The maximum atomic E-state index is 14.6. The van der Waals surface area contributed by atoms with Crippen molar-refractivity contribution in [3.05, 3.63) is 42.1 Å². The molecule has 222 valence electrons. The van der Waals surface area contributed by atoms with Gasteiger partial charge in [0.2, 0.25) is 11.8 Å². The molecular formula is C30H38F2N4O5. The SMILES string of the molecule is COc1cc(F)ccc1-c1cc(NC(=O)[C@H]2CCC[C@@H](NC(=O)C3CCN(C(=O)OC(C)(C)C)CC3)C2)ncc1F. The number of carbonyl (C=O) groups is 3. The molecule has 0 bridgehead atoms. The summed E-state index contributed by atoms with van der Waals surface area (Å²) in [5.74, 6) is -1.69. The Balaban J connectivity index is 1.32. The number of hydrogen-bond donors (Lipinski definition) is 2. The van der Waals surface area contributed by atoms with Crippen molar-refractivity contribution in [2.24, 2.45) is 11.8 Å². The lowest BCUT2D eigenvalue weighted by Crippen LogP contribution is -2.47. The van der Waals surface area contributed by atoms with Crippen molar-refractivity contribution in [3.8, 4) is 16.9 Å². The molecule has 0 spiro atoms. The molecule has 3 amide bonds. The van der Waals surface area contributed by atoms with Gasteiger partial charge in [0, 0.05) is 48.2 Å². The van der Waals surface area contributed by atoms with Gasteiger partial charge in [-0.25, -0.2) is 18.6 Å². The molecule has 0 radical (unpaired) electrons. The van der Waals surface area contributed by atoms with Crippen LogP contribution in [0.3, 0.4) is 0 Å². The number of nitrogens with zero attached hydrogens (tertiary/aromatic N) is 2. The largest absolute Gasteiger partial charge is 0.496 e. The molecule has 41 heavy (non-hydrogen) atoms. The molecule has 1 aromatic carbocycles. The van der Waals surface area contributed by atoms with Crippen LogP contribution in [-0.2, 0) is 14.3 Å². The van der Waals surface area contributed by atoms with Crippen molar-refractivity contribution < 1.29 is 32.6 Å². The second-order valence-corrected chi connectivity index (χ2v) is 11.7. The van der Waals surface area contributed by atoms with Crippen LogP contribution in [0.5, 0.6) is 5.75 Å². The van der Waals surface area contributed by atoms with Crippen molar-refractivity contribution in [3.63, 3.8) is 0 Å². The Labute approximate surface area is 239 Å². The number of anilines is 1. The van der Waals surface area contributed by atoms with E-state index in [2.05, 4.69) is 15.6 Å². The summed E-state index contributed by atoms with van der Waals surface area (Å²) in [6.07, 6.45) is 4.44. The minimum Gasteiger partial charge on any atom is -0.496 e. The fourth-order valence-electron chi connectivity index (χ4n) is 5.36. The van der Waals surface area contributed by atoms with Crippen molar-refractivity contribution in [1.82, 2.24) is 15.2 Å². The van der Waals surface area contributed by atoms with E-state index in [9.17, 15) is 23.2 Å². The van der Waals surface area contributed by atoms with Gasteiger partial charge in [0.1, 0.15) is 28.8 Å². The van der Waals surface area contributed by atoms with E-state index in [4.69, 9.17) is 9.47 Å². The Bertz CT molecular complexity index is 1270. The van der Waals surface area contributed by atoms with Crippen molar-refractivity contribution >= 4 is 23.7 Å². The molecule has 11 heteroatoms. The normalized spacial score (nSPS) is 19.8. The molecule has 2 atom stereocenters. The lowest BCUT2D eigenvalue weighted by Gasteiger charge is -2.34. The van der Waals surface area contributed by atoms with Gasteiger partial charge >= 0.3 is 6.09 Å². The summed E-state index contributed by atoms with van der Waals surface area (Å²) in [5, 5.41) is 5.88. The van der Waals surface area contributed by atoms with Gasteiger partial charge in [-0.1, -0.05) is 6.42 Å². The van der Waals surface area contributed by atoms with Gasteiger partial charge in [0.05, 0.1) is 13.3 Å². The van der Waals surface area contributed by atoms with Crippen LogP contribution < -0.4 is 15.4 Å². The molecule has 1 aromatic heterocycles. The van der Waals surface area contributed by atoms with Crippen LogP contribution in [0.15, 0.2) is 30.5 Å². The average molecular weight is 573 g/mol. The zero-order chi connectivity index (χ0) is 29.7. The predicted molar refractivity (Wildman–Crippen MR) is 149 cm³/mol. The van der Waals surface area contributed by atoms with E-state index in [1.54, 1.807) is 4.90 Å². The maximum Gasteiger partial charge on any atom is 0.410 e. The molecule has 4 rings (SSSR count). The number of rotatable bonds is 6. The number of pyridine rings is 1. The van der Waals surface area contributed by atoms with Crippen LogP contribution in [-0.4, -0.2) is 59.6 Å². The van der Waals surface area contributed by atoms with Crippen molar-refractivity contribution in [2.75, 3.05) is 25.5 Å². The number of nitrogens with one attached hydrogen (secondary N) is 2. The zero-order valence-electron chi connectivity index (χ0n) is 24.0. The number of hydrogen-bond acceptors (Lipinski definition) is 6. The first-order chi connectivity index (χ1) is 19.4. The molecule has 2 fully saturated rings. The van der Waals surface area contributed by atoms with Crippen LogP contribution >= 0.6 is 0 Å². The summed E-state index contributed by atoms with van der Waals surface area (Å²) in [6.45, 7) is 6.38. The van der Waals surface area contributed by atoms with Gasteiger partial charge in [0.15, 0.2) is 0 Å². The lowest BCUT2D eigenvalue weighted by molar-refractivity contribution is -0.128. The lowest BCUT2D eigenvalue weighted by atomic mass is 9.84. The molecule has 1 saturated heterocycles. The quantitative estimate of drug-likeness (QED) is 0.487. The first-order valence-electron chi connectivity index (χ1n) is 14.0. The van der Waals surface area contributed by atoms with Crippen LogP contribution in [0, 0.1) is 23.5 Å². The minimum atomic E-state index is -0.634. The van der Waals surface area contributed by atoms with E-state index >= 15 is 0 Å². The number of piperidine rings is 1. The number of methoxy groups -OCH3 is 1. The van der Waals surface area contributed by atoms with Gasteiger partial charge in [0.25, 0.3) is 0 Å². The van der Waals surface area contributed by atoms with E-state index in [0.29, 0.717) is 44.3 Å². The predicted octanol–water partition coefficient (Wildman–Crippen LogP) is 5.30. The number of ether oxygens (including phenoxy) is 2. The molecule has 0 unspecified atom stereocenters. The Morgan fingerprint density at radius 2 is 1.71 bits per heavy atom. The monoisotopic (exact) mass is 572 g/mol. The zero-order valence-corrected chi connectivity index (χ0v) is 24.0. The fourth-order valence-corrected chi connectivity index (χ4v) is 5.36. The highest BCUT2D eigenvalue weighted by Gasteiger charge is 2.33. The fraction of sp³-hybridized carbons (Fsp3) is 0.533. The number of halogens is 2. The molecule has 1 aliphatic carbocycles. The number of amides is 3. The van der Waals surface area contributed by atoms with Gasteiger partial charge in [-0.2, -0.15) is 0 Å². The minimum absolute atomic E-state index is 0.0574. The standard InChI is InChI=1S/C30H38F2N4O5/c1-30(2,3)41-29(39)36-12-10-18(11-13-36)27(37)34-21-7-5-6-19(14-21)28(38)35-26-16-23(24(32)17-33-26)22-9-8-20(31)15-25(22)40-4/h8-9,15-19,21H,5-7,10-14H2,1-4H3,(H,34,37)(H,33,35,38)/t19-,21+/m0/s1. The third-order valence-corrected chi connectivity index (χ3v) is 7.47. The number of likely N-dealkylation sites (tertiary alicyclic amines) is 1. The summed E-state index contributed by atoms with van der Waals surface area (Å²) >= 11 is 0. The average Bonchev–Trinajstić information content (AvgIpc) is 2.93. The summed E-state index contributed by atoms with van der Waals surface area (Å²) in [7, 11) is 1.37. The van der Waals surface area contributed by atoms with Crippen LogP contribution in [0.2, 0.25) is 0 Å². The maximum absolute atomic E-state index is 14.6. The summed E-state index contributed by atoms with van der Waals surface area (Å²) < 4.78 is 38.9. The van der Waals surface area contributed by atoms with E-state index in [0.717, 1.165) is 25.1 Å².